The van der Waals surface area contributed by atoms with Crippen molar-refractivity contribution in [3.63, 3.8) is 0 Å². The van der Waals surface area contributed by atoms with Gasteiger partial charge in [-0.25, -0.2) is 0 Å². The van der Waals surface area contributed by atoms with Crippen molar-refractivity contribution in [2.75, 3.05) is 163 Å². The van der Waals surface area contributed by atoms with Gasteiger partial charge in [-0.05, 0) is 325 Å². The molecule has 6 fully saturated rings. The van der Waals surface area contributed by atoms with Gasteiger partial charge in [-0.15, -0.1) is 0 Å². The van der Waals surface area contributed by atoms with Crippen LogP contribution in [0.3, 0.4) is 0 Å². The molecule has 0 amide bonds. The standard InChI is InChI=1S/2C20H31NO3.4C19H29NO3/c2*1-20(2,3)11-14-12-21-7-6-13-8-18(23-4)19(24-5)9-15(13)16(21)10-17(14)22;4*1-12(2)7-14-11-20-6-5-13-8-18(22-3)19(23-4)9-15(13)16(20)10-17(14)21/h2*8-9,14,16-17,22H,6-7,10-12H2,1-5H3;4*8-9,12,14,16-17,21H,5-7,10-11H2,1-4H3/i1D3,2D3,5D3,10D2,11D2,12D2,14D,16D,17D;1D3,2D3,10D2,11D2,12D2,14D,16D,17D;4D3,10D2,11D2,14D,16D,17D;4D3,5D2,6D2,16D;2*5D2,6D2,16D. The summed E-state index contributed by atoms with van der Waals surface area (Å²) in [5.41, 5.74) is -6.71. The van der Waals surface area contributed by atoms with Crippen LogP contribution in [-0.4, -0.2) is 260 Å². The monoisotopic (exact) mass is 2000 g/mol. The number of aliphatic hydroxyl groups is 6. The van der Waals surface area contributed by atoms with Crippen LogP contribution in [0.25, 0.3) is 0 Å². The summed E-state index contributed by atoms with van der Waals surface area (Å²) in [4.78, 5) is 5.37. The summed E-state index contributed by atoms with van der Waals surface area (Å²) in [6, 6.07) is 1.66. The average Bonchev–Trinajstić information content (AvgIpc) is 0.640. The molecule has 0 saturated carbocycles. The second-order valence-corrected chi connectivity index (χ2v) is 37.7. The van der Waals surface area contributed by atoms with Gasteiger partial charge in [0.2, 0.25) is 0 Å². The molecule has 18 rings (SSSR count). The topological polar surface area (TPSA) is 252 Å². The van der Waals surface area contributed by atoms with Crippen LogP contribution in [0.1, 0.15) is 360 Å². The Hall–Kier alpha value is -7.56. The molecule has 24 heteroatoms. The molecule has 12 aliphatic heterocycles. The third kappa shape index (κ3) is 26.3. The highest BCUT2D eigenvalue weighted by atomic mass is 16.5. The fraction of sp³-hybridized carbons (Fsp3) is 0.690. The lowest BCUT2D eigenvalue weighted by molar-refractivity contribution is -0.0259. The van der Waals surface area contributed by atoms with Crippen LogP contribution in [0, 0.1) is 69.9 Å². The molecule has 12 aliphatic rings. The van der Waals surface area contributed by atoms with Crippen LogP contribution >= 0.6 is 0 Å². The minimum Gasteiger partial charge on any atom is -0.493 e. The van der Waals surface area contributed by atoms with Gasteiger partial charge >= 0.3 is 0 Å². The van der Waals surface area contributed by atoms with E-state index in [0.717, 1.165) is 28.0 Å². The van der Waals surface area contributed by atoms with Gasteiger partial charge < -0.3 is 87.5 Å². The minimum atomic E-state index is -4.36. The molecule has 24 nitrogen and oxygen atoms in total. The van der Waals surface area contributed by atoms with E-state index in [0.29, 0.717) is 82.9 Å². The predicted molar refractivity (Wildman–Crippen MR) is 556 cm³/mol. The Kier molecular flexibility index (Phi) is 18.8. The second-order valence-electron chi connectivity index (χ2n) is 37.7. The number of aryl methyl sites for hydroxylation is 3. The number of hydrogen-bond donors (Lipinski definition) is 6. The first kappa shape index (κ1) is 54.2. The maximum Gasteiger partial charge on any atom is 0.161 e. The molecule has 0 radical (unpaired) electrons. The van der Waals surface area contributed by atoms with E-state index in [1.165, 1.54) is 116 Å². The van der Waals surface area contributed by atoms with Gasteiger partial charge in [-0.3, -0.25) is 29.4 Å². The number of piperidine rings is 6. The van der Waals surface area contributed by atoms with Gasteiger partial charge in [0.05, 0.1) is 146 Å². The molecule has 0 aliphatic carbocycles. The molecule has 0 aromatic heterocycles. The summed E-state index contributed by atoms with van der Waals surface area (Å²) >= 11 is 0. The molecule has 6 N–H and O–H groups in total. The van der Waals surface area contributed by atoms with Gasteiger partial charge in [0.1, 0.15) is 0 Å². The van der Waals surface area contributed by atoms with Gasteiger partial charge in [0.15, 0.2) is 69.0 Å². The van der Waals surface area contributed by atoms with Crippen LogP contribution < -0.4 is 56.8 Å². The van der Waals surface area contributed by atoms with Crippen LogP contribution in [0.2, 0.25) is 0 Å². The number of nitrogens with zero attached hydrogens (tertiary/aromatic N) is 6. The molecular formula is C116H178N6O18. The van der Waals surface area contributed by atoms with E-state index in [1.54, 1.807) is 26.0 Å². The van der Waals surface area contributed by atoms with Crippen molar-refractivity contribution in [3.8, 4) is 69.0 Å². The average molecular weight is 2010 g/mol. The number of hydrogen-bond acceptors (Lipinski definition) is 24. The molecule has 18 unspecified atom stereocenters. The van der Waals surface area contributed by atoms with Gasteiger partial charge in [0.25, 0.3) is 0 Å². The lowest BCUT2D eigenvalue weighted by Crippen LogP contribution is -2.48. The summed E-state index contributed by atoms with van der Waals surface area (Å²) in [5.74, 6) is -11.0. The molecule has 6 saturated heterocycles. The van der Waals surface area contributed by atoms with Crippen LogP contribution in [0.5, 0.6) is 69.0 Å². The normalized spacial score (nSPS) is 45.3. The second kappa shape index (κ2) is 48.6. The van der Waals surface area contributed by atoms with Crippen LogP contribution in [0.4, 0.5) is 0 Å². The summed E-state index contributed by atoms with van der Waals surface area (Å²) in [7, 11) is 3.36. The van der Waals surface area contributed by atoms with E-state index in [-0.39, 0.29) is 197 Å². The van der Waals surface area contributed by atoms with Gasteiger partial charge in [-0.1, -0.05) is 96.6 Å². The lowest BCUT2D eigenvalue weighted by Gasteiger charge is -2.47. The van der Waals surface area contributed by atoms with Crippen LogP contribution in [-0.2, 0) is 38.4 Å². The number of aliphatic hydroxyl groups excluding tert-OH is 3. The van der Waals surface area contributed by atoms with Crippen molar-refractivity contribution in [2.45, 2.75) is 284 Å². The minimum absolute atomic E-state index is 0.00244. The third-order valence-electron chi connectivity index (χ3n) is 25.4. The number of rotatable bonds is 22. The van der Waals surface area contributed by atoms with Gasteiger partial charge in [0, 0.05) is 173 Å². The Morgan fingerprint density at radius 3 is 0.793 bits per heavy atom. The lowest BCUT2D eigenvalue weighted by atomic mass is 9.75. The zero-order valence-electron chi connectivity index (χ0n) is 144. The summed E-state index contributed by atoms with van der Waals surface area (Å²) in [6.45, 7) is -17.5. The predicted octanol–water partition coefficient (Wildman–Crippen LogP) is 19.0. The summed E-state index contributed by atoms with van der Waals surface area (Å²) in [5, 5.41) is 66.5. The highest BCUT2D eigenvalue weighted by Crippen LogP contribution is 2.53. The number of ether oxygens (including phenoxy) is 12. The van der Waals surface area contributed by atoms with Gasteiger partial charge in [-0.2, -0.15) is 0 Å². The van der Waals surface area contributed by atoms with E-state index in [4.69, 9.17) is 135 Å². The highest BCUT2D eigenvalue weighted by molar-refractivity contribution is 5.55. The van der Waals surface area contributed by atoms with E-state index in [9.17, 15) is 36.1 Å². The molecule has 6 aromatic carbocycles. The zero-order chi connectivity index (χ0) is 155. The summed E-state index contributed by atoms with van der Waals surface area (Å²) in [6.07, 6.45) is -39.4. The number of benzene rings is 6. The quantitative estimate of drug-likeness (QED) is 0.0369. The molecular weight excluding hydrogens is 1770 g/mol. The first-order valence-corrected chi connectivity index (χ1v) is 46.6. The first-order valence-electron chi connectivity index (χ1n) is 77.1. The Balaban J connectivity index is 0.000000195. The number of fused-ring (bicyclic) bond motifs is 18. The molecule has 6 aromatic rings. The molecule has 140 heavy (non-hydrogen) atoms. The third-order valence-corrected chi connectivity index (χ3v) is 25.4. The SMILES string of the molecule is [2H]C([2H])([2H])C(C)(C([2H])([2H])[2H])C([2H])([2H])C1([2H])C([2H])([2H])N2CCc3cc(OC)c(OC)cc3C2([2H])C([2H])([2H])C1([2H])O.[2H]C([2H])([2H])Oc1cc2c(cc1OC)C([2H])([2H])C([2H])([2H])N1CC(CC(C)C)C(O)CC21[2H].[2H]C([2H])([2H])Oc1cc2c(cc1OC)CCN1C([2H])([2H])C([2H])(C([2H])([2H])C(C)(C([2H])([2H])[2H])C([2H])([2H])[2H])C([2H])(O)C([2H])([2H])C21[2H].[2H]C([2H])([2H])Oc1cc2c(cc1OC)CCN1C([2H])([2H])C([2H])(CC(C)C)C([2H])(O)C([2H])([2H])C21[2H].[2H]C12CC(O)C(CC(C)C)CN1C([2H])([2H])C([2H])([2H])c1cc(OC)c(OC)cc12.[2H]C12CC(O)C(CC(C)C)CN1C([2H])([2H])C([2H])([2H])c1cc(OC)c(OC)cc12. The zero-order valence-corrected chi connectivity index (χ0v) is 82.8. The smallest absolute Gasteiger partial charge is 0.161 e. The van der Waals surface area contributed by atoms with Crippen molar-refractivity contribution >= 4 is 0 Å². The van der Waals surface area contributed by atoms with E-state index in [1.807, 2.05) is 41.5 Å². The fourth-order valence-electron chi connectivity index (χ4n) is 18.9. The highest BCUT2D eigenvalue weighted by Gasteiger charge is 2.47. The van der Waals surface area contributed by atoms with E-state index < -0.39 is 264 Å². The first-order chi connectivity index (χ1) is 90.2. The molecule has 0 spiro atoms. The Bertz CT molecular complexity index is 7860. The summed E-state index contributed by atoms with van der Waals surface area (Å²) < 4.78 is 576. The fourth-order valence-corrected chi connectivity index (χ4v) is 18.9. The van der Waals surface area contributed by atoms with Crippen molar-refractivity contribution < 1.29 is 171 Å². The van der Waals surface area contributed by atoms with Crippen molar-refractivity contribution in [2.24, 2.45) is 69.9 Å². The van der Waals surface area contributed by atoms with Crippen LogP contribution in [0.15, 0.2) is 72.8 Å². The van der Waals surface area contributed by atoms with E-state index in [2.05, 4.69) is 0 Å². The molecule has 0 bridgehead atoms. The maximum atomic E-state index is 11.5. The molecule has 18 atom stereocenters. The van der Waals surface area contributed by atoms with Crippen molar-refractivity contribution in [3.05, 3.63) is 140 Å². The maximum absolute atomic E-state index is 11.5. The molecule has 780 valence electrons. The Labute approximate surface area is 925 Å². The van der Waals surface area contributed by atoms with Crippen molar-refractivity contribution in [1.82, 2.24) is 29.4 Å². The molecule has 12 heterocycles. The Morgan fingerprint density at radius 1 is 0.321 bits per heavy atom. The Morgan fingerprint density at radius 2 is 0.550 bits per heavy atom. The number of methoxy groups -OCH3 is 12. The van der Waals surface area contributed by atoms with Crippen molar-refractivity contribution in [1.29, 1.82) is 0 Å². The largest absolute Gasteiger partial charge is 0.493 e. The van der Waals surface area contributed by atoms with E-state index >= 15 is 0 Å².